The van der Waals surface area contributed by atoms with Crippen LogP contribution in [0.2, 0.25) is 0 Å². The lowest BCUT2D eigenvalue weighted by Crippen LogP contribution is -2.37. The van der Waals surface area contributed by atoms with E-state index in [0.717, 1.165) is 29.2 Å². The Bertz CT molecular complexity index is 499. The zero-order chi connectivity index (χ0) is 13.7. The van der Waals surface area contributed by atoms with Gasteiger partial charge in [0.15, 0.2) is 0 Å². The van der Waals surface area contributed by atoms with Crippen LogP contribution in [0.4, 0.5) is 0 Å². The molecule has 0 saturated heterocycles. The third-order valence-electron chi connectivity index (χ3n) is 5.80. The van der Waals surface area contributed by atoms with Gasteiger partial charge in [0.2, 0.25) is 5.91 Å². The summed E-state index contributed by atoms with van der Waals surface area (Å²) in [5, 5.41) is 3.29. The van der Waals surface area contributed by atoms with Gasteiger partial charge >= 0.3 is 0 Å². The Morgan fingerprint density at radius 3 is 2.45 bits per heavy atom. The van der Waals surface area contributed by atoms with E-state index in [4.69, 9.17) is 5.73 Å². The molecule has 3 N–H and O–H groups in total. The molecule has 3 aliphatic carbocycles. The maximum atomic E-state index is 12.5. The highest BCUT2D eigenvalue weighted by Crippen LogP contribution is 2.65. The summed E-state index contributed by atoms with van der Waals surface area (Å²) in [4.78, 5) is 12.5. The number of hydrogen-bond donors (Lipinski definition) is 2. The van der Waals surface area contributed by atoms with Crippen molar-refractivity contribution in [2.45, 2.75) is 31.2 Å². The SMILES string of the molecule is NCC(C(=O)NC1C2C3CCC(C3)C12)c1ccccc1. The van der Waals surface area contributed by atoms with Crippen LogP contribution in [0.5, 0.6) is 0 Å². The summed E-state index contributed by atoms with van der Waals surface area (Å²) in [5.74, 6) is 3.28. The van der Waals surface area contributed by atoms with E-state index < -0.39 is 0 Å². The minimum atomic E-state index is -0.199. The number of fused-ring (bicyclic) bond motifs is 5. The fraction of sp³-hybridized carbons (Fsp3) is 0.588. The molecule has 0 spiro atoms. The summed E-state index contributed by atoms with van der Waals surface area (Å²) < 4.78 is 0. The molecular weight excluding hydrogens is 248 g/mol. The van der Waals surface area contributed by atoms with Crippen molar-refractivity contribution in [3.8, 4) is 0 Å². The summed E-state index contributed by atoms with van der Waals surface area (Å²) in [6, 6.07) is 10.3. The van der Waals surface area contributed by atoms with Crippen LogP contribution in [0.3, 0.4) is 0 Å². The highest BCUT2D eigenvalue weighted by atomic mass is 16.2. The molecule has 5 atom stereocenters. The molecule has 1 aromatic carbocycles. The molecule has 3 aliphatic rings. The Morgan fingerprint density at radius 1 is 1.20 bits per heavy atom. The molecule has 2 bridgehead atoms. The number of rotatable bonds is 4. The molecule has 3 nitrogen and oxygen atoms in total. The summed E-state index contributed by atoms with van der Waals surface area (Å²) >= 11 is 0. The van der Waals surface area contributed by atoms with E-state index in [1.54, 1.807) is 0 Å². The number of carbonyl (C=O) groups excluding carboxylic acids is 1. The summed E-state index contributed by atoms with van der Waals surface area (Å²) in [7, 11) is 0. The third kappa shape index (κ3) is 1.80. The fourth-order valence-corrected chi connectivity index (χ4v) is 4.86. The zero-order valence-electron chi connectivity index (χ0n) is 11.7. The van der Waals surface area contributed by atoms with Crippen molar-refractivity contribution in [1.82, 2.24) is 5.32 Å². The number of nitrogens with one attached hydrogen (secondary N) is 1. The Labute approximate surface area is 119 Å². The van der Waals surface area contributed by atoms with Crippen molar-refractivity contribution in [2.75, 3.05) is 6.54 Å². The first-order valence-corrected chi connectivity index (χ1v) is 7.85. The van der Waals surface area contributed by atoms with Crippen LogP contribution in [0.15, 0.2) is 30.3 Å². The molecule has 0 radical (unpaired) electrons. The molecular formula is C17H22N2O. The molecule has 4 rings (SSSR count). The monoisotopic (exact) mass is 270 g/mol. The van der Waals surface area contributed by atoms with Crippen molar-refractivity contribution >= 4 is 5.91 Å². The van der Waals surface area contributed by atoms with Crippen LogP contribution < -0.4 is 11.1 Å². The Kier molecular flexibility index (Phi) is 2.84. The predicted molar refractivity (Wildman–Crippen MR) is 78.0 cm³/mol. The molecule has 106 valence electrons. The van der Waals surface area contributed by atoms with Gasteiger partial charge in [-0.05, 0) is 48.5 Å². The Hall–Kier alpha value is -1.35. The van der Waals surface area contributed by atoms with Crippen LogP contribution >= 0.6 is 0 Å². The minimum Gasteiger partial charge on any atom is -0.352 e. The average Bonchev–Trinajstić information content (AvgIpc) is 2.85. The van der Waals surface area contributed by atoms with Crippen LogP contribution in [-0.4, -0.2) is 18.5 Å². The van der Waals surface area contributed by atoms with Gasteiger partial charge in [-0.25, -0.2) is 0 Å². The zero-order valence-corrected chi connectivity index (χ0v) is 11.7. The second kappa shape index (κ2) is 4.59. The van der Waals surface area contributed by atoms with E-state index in [2.05, 4.69) is 5.32 Å². The molecule has 20 heavy (non-hydrogen) atoms. The molecule has 1 amide bonds. The van der Waals surface area contributed by atoms with Gasteiger partial charge in [0.25, 0.3) is 0 Å². The van der Waals surface area contributed by atoms with Gasteiger partial charge in [-0.3, -0.25) is 4.79 Å². The predicted octanol–water partition coefficient (Wildman–Crippen LogP) is 1.89. The van der Waals surface area contributed by atoms with Gasteiger partial charge in [-0.2, -0.15) is 0 Å². The topological polar surface area (TPSA) is 55.1 Å². The van der Waals surface area contributed by atoms with E-state index in [-0.39, 0.29) is 11.8 Å². The van der Waals surface area contributed by atoms with Crippen LogP contribution in [0.1, 0.15) is 30.7 Å². The maximum Gasteiger partial charge on any atom is 0.229 e. The summed E-state index contributed by atoms with van der Waals surface area (Å²) in [6.07, 6.45) is 4.19. The quantitative estimate of drug-likeness (QED) is 0.878. The van der Waals surface area contributed by atoms with Gasteiger partial charge in [-0.15, -0.1) is 0 Å². The smallest absolute Gasteiger partial charge is 0.229 e. The molecule has 0 heterocycles. The first-order valence-electron chi connectivity index (χ1n) is 7.85. The first kappa shape index (κ1) is 12.4. The van der Waals surface area contributed by atoms with E-state index in [1.165, 1.54) is 19.3 Å². The third-order valence-corrected chi connectivity index (χ3v) is 5.80. The van der Waals surface area contributed by atoms with E-state index in [0.29, 0.717) is 12.6 Å². The lowest BCUT2D eigenvalue weighted by Gasteiger charge is -2.17. The van der Waals surface area contributed by atoms with Crippen LogP contribution in [-0.2, 0) is 4.79 Å². The highest BCUT2D eigenvalue weighted by molar-refractivity contribution is 5.84. The normalized spacial score (nSPS) is 38.4. The number of hydrogen-bond acceptors (Lipinski definition) is 2. The van der Waals surface area contributed by atoms with Crippen molar-refractivity contribution in [1.29, 1.82) is 0 Å². The number of carbonyl (C=O) groups is 1. The molecule has 5 unspecified atom stereocenters. The second-order valence-electron chi connectivity index (χ2n) is 6.72. The number of amides is 1. The van der Waals surface area contributed by atoms with Gasteiger partial charge in [0.05, 0.1) is 5.92 Å². The molecule has 3 fully saturated rings. The van der Waals surface area contributed by atoms with Crippen molar-refractivity contribution in [2.24, 2.45) is 29.4 Å². The van der Waals surface area contributed by atoms with Crippen molar-refractivity contribution < 1.29 is 4.79 Å². The summed E-state index contributed by atoms with van der Waals surface area (Å²) in [5.41, 5.74) is 6.85. The molecule has 0 aromatic heterocycles. The molecule has 3 saturated carbocycles. The molecule has 3 heteroatoms. The van der Waals surface area contributed by atoms with E-state index in [9.17, 15) is 4.79 Å². The average molecular weight is 270 g/mol. The van der Waals surface area contributed by atoms with E-state index in [1.807, 2.05) is 30.3 Å². The van der Waals surface area contributed by atoms with Crippen LogP contribution in [0, 0.1) is 23.7 Å². The standard InChI is InChI=1S/C17H22N2O/c18-9-13(10-4-2-1-3-5-10)17(20)19-16-14-11-6-7-12(8-11)15(14)16/h1-5,11-16H,6-9,18H2,(H,19,20). The lowest BCUT2D eigenvalue weighted by atomic mass is 9.98. The molecule has 0 aliphatic heterocycles. The minimum absolute atomic E-state index is 0.123. The lowest BCUT2D eigenvalue weighted by molar-refractivity contribution is -0.122. The van der Waals surface area contributed by atoms with Gasteiger partial charge in [0.1, 0.15) is 0 Å². The fourth-order valence-electron chi connectivity index (χ4n) is 4.86. The number of nitrogens with two attached hydrogens (primary N) is 1. The first-order chi connectivity index (χ1) is 9.79. The van der Waals surface area contributed by atoms with Crippen molar-refractivity contribution in [3.05, 3.63) is 35.9 Å². The maximum absolute atomic E-state index is 12.5. The highest BCUT2D eigenvalue weighted by Gasteiger charge is 2.65. The van der Waals surface area contributed by atoms with E-state index >= 15 is 0 Å². The van der Waals surface area contributed by atoms with Gasteiger partial charge in [-0.1, -0.05) is 30.3 Å². The largest absolute Gasteiger partial charge is 0.352 e. The second-order valence-corrected chi connectivity index (χ2v) is 6.72. The van der Waals surface area contributed by atoms with Crippen molar-refractivity contribution in [3.63, 3.8) is 0 Å². The molecule has 1 aromatic rings. The Balaban J connectivity index is 1.43. The van der Waals surface area contributed by atoms with Gasteiger partial charge < -0.3 is 11.1 Å². The number of benzene rings is 1. The van der Waals surface area contributed by atoms with Crippen LogP contribution in [0.25, 0.3) is 0 Å². The van der Waals surface area contributed by atoms with Gasteiger partial charge in [0, 0.05) is 12.6 Å². The Morgan fingerprint density at radius 2 is 1.85 bits per heavy atom. The summed E-state index contributed by atoms with van der Waals surface area (Å²) in [6.45, 7) is 0.380.